The third-order valence-corrected chi connectivity index (χ3v) is 9.94. The van der Waals surface area contributed by atoms with Crippen molar-refractivity contribution in [1.29, 1.82) is 0 Å². The topological polar surface area (TPSA) is 101 Å². The summed E-state index contributed by atoms with van der Waals surface area (Å²) in [6.45, 7) is 3.73. The zero-order valence-corrected chi connectivity index (χ0v) is 24.5. The molecule has 0 bridgehead atoms. The summed E-state index contributed by atoms with van der Waals surface area (Å²) in [5.74, 6) is -6.83. The smallest absolute Gasteiger partial charge is 0.334 e. The normalized spacial score (nSPS) is 29.5. The molecule has 2 heterocycles. The Kier molecular flexibility index (Phi) is 6.80. The molecule has 0 radical (unpaired) electrons. The van der Waals surface area contributed by atoms with Gasteiger partial charge in [-0.15, -0.1) is 0 Å². The van der Waals surface area contributed by atoms with Crippen LogP contribution in [-0.4, -0.2) is 36.2 Å². The zero-order valence-electron chi connectivity index (χ0n) is 24.5. The summed E-state index contributed by atoms with van der Waals surface area (Å²) < 4.78 is 5.62. The lowest BCUT2D eigenvalue weighted by atomic mass is 9.53. The molecule has 2 aliphatic heterocycles. The van der Waals surface area contributed by atoms with E-state index in [-0.39, 0.29) is 36.7 Å². The van der Waals surface area contributed by atoms with Crippen molar-refractivity contribution < 1.29 is 28.7 Å². The average Bonchev–Trinajstić information content (AvgIpc) is 3.45. The maximum Gasteiger partial charge on any atom is 0.334 e. The molecule has 0 aromatic heterocycles. The van der Waals surface area contributed by atoms with E-state index < -0.39 is 47.4 Å². The Labute approximate surface area is 255 Å². The summed E-state index contributed by atoms with van der Waals surface area (Å²) in [6.07, 6.45) is 0.140. The molecule has 8 heteroatoms. The number of hydrogen-bond acceptors (Lipinski definition) is 6. The Hall–Kier alpha value is -4.85. The fraction of sp³-hybridized carbons (Fsp3) is 0.306. The maximum absolute atomic E-state index is 14.5. The van der Waals surface area contributed by atoms with E-state index in [1.807, 2.05) is 49.4 Å². The van der Waals surface area contributed by atoms with Gasteiger partial charge in [0.2, 0.25) is 23.6 Å². The molecule has 0 unspecified atom stereocenters. The number of fused-ring (bicyclic) bond motifs is 4. The number of imide groups is 2. The van der Waals surface area contributed by atoms with Crippen LogP contribution in [0.25, 0.3) is 0 Å². The van der Waals surface area contributed by atoms with Crippen molar-refractivity contribution in [3.05, 3.63) is 108 Å². The molecule has 8 nitrogen and oxygen atoms in total. The Balaban J connectivity index is 1.44. The van der Waals surface area contributed by atoms with Gasteiger partial charge in [0.25, 0.3) is 0 Å². The van der Waals surface area contributed by atoms with Gasteiger partial charge >= 0.3 is 5.97 Å². The molecule has 222 valence electrons. The number of esters is 1. The van der Waals surface area contributed by atoms with Crippen LogP contribution in [0, 0.1) is 35.5 Å². The third-order valence-electron chi connectivity index (χ3n) is 9.94. The average molecular weight is 589 g/mol. The number of carbonyl (C=O) groups is 5. The molecule has 7 rings (SSSR count). The molecule has 4 aliphatic rings. The van der Waals surface area contributed by atoms with Gasteiger partial charge in [0.05, 0.1) is 41.7 Å². The molecular formula is C36H32N2O6. The molecule has 2 aliphatic carbocycles. The van der Waals surface area contributed by atoms with Crippen molar-refractivity contribution in [3.8, 4) is 0 Å². The zero-order chi connectivity index (χ0) is 30.7. The first kappa shape index (κ1) is 28.0. The fourth-order valence-corrected chi connectivity index (χ4v) is 8.29. The number of benzene rings is 3. The number of nitrogens with zero attached hydrogens (tertiary/aromatic N) is 2. The Morgan fingerprint density at radius 2 is 1.18 bits per heavy atom. The molecular weight excluding hydrogens is 556 g/mol. The van der Waals surface area contributed by atoms with Crippen LogP contribution >= 0.6 is 0 Å². The largest absolute Gasteiger partial charge is 0.463 e. The van der Waals surface area contributed by atoms with E-state index in [0.29, 0.717) is 22.5 Å². The number of hydrogen-bond donors (Lipinski definition) is 0. The molecule has 1 saturated carbocycles. The van der Waals surface area contributed by atoms with Crippen LogP contribution in [-0.2, 0) is 28.7 Å². The van der Waals surface area contributed by atoms with Gasteiger partial charge in [0.1, 0.15) is 0 Å². The number of rotatable bonds is 5. The number of anilines is 2. The lowest BCUT2D eigenvalue weighted by Crippen LogP contribution is -2.48. The highest BCUT2D eigenvalue weighted by molar-refractivity contribution is 6.24. The first-order chi connectivity index (χ1) is 21.3. The van der Waals surface area contributed by atoms with E-state index in [4.69, 9.17) is 4.74 Å². The first-order valence-electron chi connectivity index (χ1n) is 15.2. The Morgan fingerprint density at radius 3 is 1.75 bits per heavy atom. The Morgan fingerprint density at radius 1 is 0.682 bits per heavy atom. The van der Waals surface area contributed by atoms with E-state index in [2.05, 4.69) is 0 Å². The summed E-state index contributed by atoms with van der Waals surface area (Å²) in [5.41, 5.74) is 2.67. The summed E-state index contributed by atoms with van der Waals surface area (Å²) in [7, 11) is 0. The Bertz CT molecular complexity index is 1700. The van der Waals surface area contributed by atoms with Crippen molar-refractivity contribution in [1.82, 2.24) is 0 Å². The van der Waals surface area contributed by atoms with Crippen LogP contribution in [0.5, 0.6) is 0 Å². The maximum atomic E-state index is 14.5. The van der Waals surface area contributed by atoms with Gasteiger partial charge in [-0.3, -0.25) is 29.0 Å². The highest BCUT2D eigenvalue weighted by Crippen LogP contribution is 2.60. The summed E-state index contributed by atoms with van der Waals surface area (Å²) in [6, 6.07) is 26.9. The van der Waals surface area contributed by atoms with Crippen molar-refractivity contribution in [2.24, 2.45) is 35.5 Å². The summed E-state index contributed by atoms with van der Waals surface area (Å²) in [5, 5.41) is 0. The molecule has 3 fully saturated rings. The van der Waals surface area contributed by atoms with Gasteiger partial charge < -0.3 is 4.74 Å². The molecule has 0 spiro atoms. The molecule has 44 heavy (non-hydrogen) atoms. The molecule has 3 aromatic carbocycles. The van der Waals surface area contributed by atoms with Crippen molar-refractivity contribution in [2.45, 2.75) is 26.2 Å². The first-order valence-corrected chi connectivity index (χ1v) is 15.2. The minimum Gasteiger partial charge on any atom is -0.463 e. The lowest BCUT2D eigenvalue weighted by Gasteiger charge is -2.47. The van der Waals surface area contributed by atoms with Gasteiger partial charge in [-0.1, -0.05) is 79.2 Å². The van der Waals surface area contributed by atoms with Crippen LogP contribution in [0.1, 0.15) is 31.7 Å². The minimum atomic E-state index is -0.880. The van der Waals surface area contributed by atoms with Gasteiger partial charge in [-0.05, 0) is 55.0 Å². The van der Waals surface area contributed by atoms with Crippen LogP contribution in [0.4, 0.5) is 11.4 Å². The second-order valence-corrected chi connectivity index (χ2v) is 12.0. The van der Waals surface area contributed by atoms with Crippen molar-refractivity contribution in [2.75, 3.05) is 16.4 Å². The van der Waals surface area contributed by atoms with Crippen molar-refractivity contribution >= 4 is 41.0 Å². The molecule has 3 aromatic rings. The monoisotopic (exact) mass is 588 g/mol. The second-order valence-electron chi connectivity index (χ2n) is 12.0. The number of carbonyl (C=O) groups excluding carboxylic acids is 5. The number of ether oxygens (including phenoxy) is 1. The highest BCUT2D eigenvalue weighted by Gasteiger charge is 2.65. The van der Waals surface area contributed by atoms with Crippen LogP contribution < -0.4 is 9.80 Å². The lowest BCUT2D eigenvalue weighted by molar-refractivity contribution is -0.140. The predicted molar refractivity (Wildman–Crippen MR) is 162 cm³/mol. The number of allylic oxidation sites excluding steroid dienone is 1. The fourth-order valence-electron chi connectivity index (χ4n) is 8.29. The van der Waals surface area contributed by atoms with Crippen LogP contribution in [0.2, 0.25) is 0 Å². The van der Waals surface area contributed by atoms with Crippen molar-refractivity contribution in [3.63, 3.8) is 0 Å². The molecule has 0 N–H and O–H groups in total. The SMILES string of the molecule is CCOC(=O)C1=C2C[C@@H]3C(=O)N(c4ccccc4)C(=O)[C@@H]3[C@H](C)[C@H]2[C@H]2C(=O)N(c3ccccc3)C(=O)[C@H]2[C@H]1c1ccccc1. The van der Waals surface area contributed by atoms with E-state index in [1.165, 1.54) is 9.80 Å². The number of amides is 4. The predicted octanol–water partition coefficient (Wildman–Crippen LogP) is 4.91. The third kappa shape index (κ3) is 4.00. The molecule has 2 saturated heterocycles. The standard InChI is InChI=1S/C36H32N2O6/c1-3-44-36(43)29-24-19-25-27(33(40)37(32(25)39)22-15-9-5-10-16-22)20(2)26(24)30-31(28(29)21-13-7-4-8-14-21)35(42)38(34(30)41)23-17-11-6-12-18-23/h4-18,20,25-28,30-31H,3,19H2,1-2H3/t20-,25+,26-,27-,28+,30-,31+/m1/s1. The summed E-state index contributed by atoms with van der Waals surface area (Å²) >= 11 is 0. The van der Waals surface area contributed by atoms with Gasteiger partial charge in [-0.2, -0.15) is 0 Å². The number of para-hydroxylation sites is 2. The van der Waals surface area contributed by atoms with E-state index >= 15 is 0 Å². The minimum absolute atomic E-state index is 0.125. The van der Waals surface area contributed by atoms with E-state index in [9.17, 15) is 24.0 Å². The van der Waals surface area contributed by atoms with Gasteiger partial charge in [0.15, 0.2) is 0 Å². The van der Waals surface area contributed by atoms with E-state index in [1.54, 1.807) is 55.5 Å². The second kappa shape index (κ2) is 10.7. The van der Waals surface area contributed by atoms with Crippen LogP contribution in [0.15, 0.2) is 102 Å². The van der Waals surface area contributed by atoms with Gasteiger partial charge in [-0.25, -0.2) is 4.79 Å². The molecule has 7 atom stereocenters. The highest BCUT2D eigenvalue weighted by atomic mass is 16.5. The molecule has 4 amide bonds. The quantitative estimate of drug-likeness (QED) is 0.310. The van der Waals surface area contributed by atoms with Crippen LogP contribution in [0.3, 0.4) is 0 Å². The van der Waals surface area contributed by atoms with E-state index in [0.717, 1.165) is 5.56 Å². The van der Waals surface area contributed by atoms with Gasteiger partial charge in [0, 0.05) is 11.5 Å². The summed E-state index contributed by atoms with van der Waals surface area (Å²) in [4.78, 5) is 73.3.